The third kappa shape index (κ3) is 5.41. The highest BCUT2D eigenvalue weighted by atomic mass is 16.3. The van der Waals surface area contributed by atoms with E-state index in [1.165, 1.54) is 6.29 Å². The maximum atomic E-state index is 11.5. The molecule has 7 nitrogen and oxygen atoms in total. The van der Waals surface area contributed by atoms with Crippen LogP contribution in [0.15, 0.2) is 0 Å². The van der Waals surface area contributed by atoms with E-state index in [2.05, 4.69) is 10.6 Å². The van der Waals surface area contributed by atoms with E-state index in [9.17, 15) is 14.4 Å². The van der Waals surface area contributed by atoms with E-state index in [4.69, 9.17) is 10.8 Å². The Bertz CT molecular complexity index is 281. The quantitative estimate of drug-likeness (QED) is 0.400. The molecule has 0 saturated heterocycles. The van der Waals surface area contributed by atoms with Crippen molar-refractivity contribution in [2.75, 3.05) is 13.2 Å². The number of carbonyl (C=O) groups is 2. The van der Waals surface area contributed by atoms with Gasteiger partial charge in [0.2, 0.25) is 18.1 Å². The first-order valence-corrected chi connectivity index (χ1v) is 5.23. The molecule has 0 fully saturated rings. The van der Waals surface area contributed by atoms with E-state index in [1.54, 1.807) is 13.8 Å². The molecule has 2 amide bonds. The van der Waals surface area contributed by atoms with Crippen molar-refractivity contribution in [2.45, 2.75) is 25.9 Å². The summed E-state index contributed by atoms with van der Waals surface area (Å²) in [5, 5.41) is 13.4. The summed E-state index contributed by atoms with van der Waals surface area (Å²) in [5.74, 6) is -1.26. The number of hydrogen-bond acceptors (Lipinski definition) is 5. The third-order valence-electron chi connectivity index (χ3n) is 2.17. The van der Waals surface area contributed by atoms with Gasteiger partial charge in [-0.3, -0.25) is 14.4 Å². The van der Waals surface area contributed by atoms with Crippen LogP contribution in [0.2, 0.25) is 0 Å². The molecule has 0 aromatic carbocycles. The fourth-order valence-corrected chi connectivity index (χ4v) is 1.01. The largest absolute Gasteiger partial charge is 0.394 e. The molecule has 0 rings (SSSR count). The minimum Gasteiger partial charge on any atom is -0.394 e. The lowest BCUT2D eigenvalue weighted by Crippen LogP contribution is -2.54. The Morgan fingerprint density at radius 3 is 2.35 bits per heavy atom. The van der Waals surface area contributed by atoms with E-state index >= 15 is 0 Å². The molecule has 0 aliphatic carbocycles. The molecule has 5 N–H and O–H groups in total. The first-order chi connectivity index (χ1) is 7.93. The second-order valence-corrected chi connectivity index (χ2v) is 3.88. The minimum absolute atomic E-state index is 0.0827. The average Bonchev–Trinajstić information content (AvgIpc) is 2.31. The summed E-state index contributed by atoms with van der Waals surface area (Å²) in [4.78, 5) is 32.8. The van der Waals surface area contributed by atoms with Crippen LogP contribution >= 0.6 is 0 Å². The number of rotatable bonds is 7. The summed E-state index contributed by atoms with van der Waals surface area (Å²) < 4.78 is 0. The second-order valence-electron chi connectivity index (χ2n) is 3.88. The van der Waals surface area contributed by atoms with Crippen LogP contribution in [-0.4, -0.2) is 48.4 Å². The Morgan fingerprint density at radius 2 is 1.94 bits per heavy atom. The van der Waals surface area contributed by atoms with Gasteiger partial charge < -0.3 is 21.5 Å². The molecule has 17 heavy (non-hydrogen) atoms. The molecule has 2 atom stereocenters. The first-order valence-electron chi connectivity index (χ1n) is 5.23. The zero-order chi connectivity index (χ0) is 13.4. The van der Waals surface area contributed by atoms with Crippen molar-refractivity contribution in [2.24, 2.45) is 11.7 Å². The van der Waals surface area contributed by atoms with Crippen molar-refractivity contribution in [1.29, 1.82) is 0 Å². The summed E-state index contributed by atoms with van der Waals surface area (Å²) >= 11 is 0. The maximum absolute atomic E-state index is 11.5. The summed E-state index contributed by atoms with van der Waals surface area (Å²) in [6.45, 7) is 2.67. The van der Waals surface area contributed by atoms with E-state index in [1.807, 2.05) is 0 Å². The van der Waals surface area contributed by atoms with Crippen molar-refractivity contribution in [3.05, 3.63) is 0 Å². The number of nitrogens with two attached hydrogens (primary N) is 1. The molecule has 1 radical (unpaired) electrons. The second kappa shape index (κ2) is 7.75. The summed E-state index contributed by atoms with van der Waals surface area (Å²) in [5.41, 5.74) is 5.58. The fraction of sp³-hybridized carbons (Fsp3) is 0.700. The maximum Gasteiger partial charge on any atom is 0.245 e. The summed E-state index contributed by atoms with van der Waals surface area (Å²) in [6, 6.07) is -1.87. The van der Waals surface area contributed by atoms with Gasteiger partial charge in [-0.1, -0.05) is 13.8 Å². The smallest absolute Gasteiger partial charge is 0.245 e. The van der Waals surface area contributed by atoms with Crippen LogP contribution < -0.4 is 16.4 Å². The minimum atomic E-state index is -1.11. The van der Waals surface area contributed by atoms with Gasteiger partial charge in [0, 0.05) is 0 Å². The van der Waals surface area contributed by atoms with Crippen LogP contribution in [0.25, 0.3) is 0 Å². The van der Waals surface area contributed by atoms with Crippen molar-refractivity contribution >= 4 is 18.1 Å². The van der Waals surface area contributed by atoms with Gasteiger partial charge in [-0.2, -0.15) is 0 Å². The molecule has 0 aliphatic heterocycles. The molecule has 0 aromatic rings. The highest BCUT2D eigenvalue weighted by Gasteiger charge is 2.24. The molecule has 0 bridgehead atoms. The van der Waals surface area contributed by atoms with Crippen LogP contribution in [0, 0.1) is 5.92 Å². The molecule has 0 saturated carbocycles. The average molecular weight is 244 g/mol. The highest BCUT2D eigenvalue weighted by Crippen LogP contribution is 1.98. The number of hydrogen-bond donors (Lipinski definition) is 4. The van der Waals surface area contributed by atoms with Crippen molar-refractivity contribution in [3.63, 3.8) is 0 Å². The molecule has 0 aliphatic rings. The third-order valence-corrected chi connectivity index (χ3v) is 2.17. The lowest BCUT2D eigenvalue weighted by atomic mass is 10.0. The van der Waals surface area contributed by atoms with E-state index in [-0.39, 0.29) is 12.5 Å². The Labute approximate surface area is 99.7 Å². The van der Waals surface area contributed by atoms with Gasteiger partial charge in [0.1, 0.15) is 6.04 Å². The Morgan fingerprint density at radius 1 is 1.35 bits per heavy atom. The standard InChI is InChI=1S/C10H18N3O4/c1-6(2)8(11)10(17)13-7(5-15)9(16)12-3-4-14/h6-8,15H,3,5,11H2,1-2H3,(H,12,16)(H,13,17)/t7-,8-/m0/s1. The van der Waals surface area contributed by atoms with Gasteiger partial charge in [-0.15, -0.1) is 0 Å². The lowest BCUT2D eigenvalue weighted by Gasteiger charge is -2.20. The molecular formula is C10H18N3O4. The molecule has 7 heteroatoms. The van der Waals surface area contributed by atoms with Gasteiger partial charge in [-0.25, -0.2) is 0 Å². The van der Waals surface area contributed by atoms with Crippen molar-refractivity contribution < 1.29 is 19.5 Å². The molecule has 97 valence electrons. The number of carbonyl (C=O) groups excluding carboxylic acids is 3. The monoisotopic (exact) mass is 244 g/mol. The molecular weight excluding hydrogens is 226 g/mol. The zero-order valence-corrected chi connectivity index (χ0v) is 9.90. The Hall–Kier alpha value is -1.47. The van der Waals surface area contributed by atoms with Crippen molar-refractivity contribution in [1.82, 2.24) is 10.6 Å². The fourth-order valence-electron chi connectivity index (χ4n) is 1.01. The SMILES string of the molecule is CC(C)[C@H](N)C(=O)N[C@@H](CO)C(=O)NC[C]=O. The molecule has 0 unspecified atom stereocenters. The normalized spacial score (nSPS) is 13.9. The zero-order valence-electron chi connectivity index (χ0n) is 9.90. The topological polar surface area (TPSA) is 122 Å². The number of amides is 2. The van der Waals surface area contributed by atoms with Gasteiger partial charge in [0.15, 0.2) is 0 Å². The van der Waals surface area contributed by atoms with Gasteiger partial charge in [0.25, 0.3) is 0 Å². The van der Waals surface area contributed by atoms with Crippen LogP contribution in [0.3, 0.4) is 0 Å². The van der Waals surface area contributed by atoms with Gasteiger partial charge >= 0.3 is 0 Å². The molecule has 0 heterocycles. The summed E-state index contributed by atoms with van der Waals surface area (Å²) in [6.07, 6.45) is 1.47. The predicted molar refractivity (Wildman–Crippen MR) is 60.5 cm³/mol. The Kier molecular flexibility index (Phi) is 7.08. The van der Waals surface area contributed by atoms with Crippen molar-refractivity contribution in [3.8, 4) is 0 Å². The van der Waals surface area contributed by atoms with Crippen LogP contribution in [0.5, 0.6) is 0 Å². The molecule has 0 spiro atoms. The van der Waals surface area contributed by atoms with Crippen LogP contribution in [0.4, 0.5) is 0 Å². The van der Waals surface area contributed by atoms with E-state index in [0.29, 0.717) is 0 Å². The molecule has 0 aromatic heterocycles. The number of nitrogens with one attached hydrogen (secondary N) is 2. The lowest BCUT2D eigenvalue weighted by molar-refractivity contribution is -0.130. The van der Waals surface area contributed by atoms with Gasteiger partial charge in [0.05, 0.1) is 19.2 Å². The Balaban J connectivity index is 4.34. The highest BCUT2D eigenvalue weighted by molar-refractivity contribution is 5.90. The van der Waals surface area contributed by atoms with E-state index in [0.717, 1.165) is 0 Å². The first kappa shape index (κ1) is 15.5. The summed E-state index contributed by atoms with van der Waals surface area (Å²) in [7, 11) is 0. The number of aliphatic hydroxyl groups excluding tert-OH is 1. The van der Waals surface area contributed by atoms with Gasteiger partial charge in [-0.05, 0) is 5.92 Å². The van der Waals surface area contributed by atoms with Crippen LogP contribution in [-0.2, 0) is 14.4 Å². The number of aliphatic hydroxyl groups is 1. The van der Waals surface area contributed by atoms with Crippen LogP contribution in [0.1, 0.15) is 13.8 Å². The predicted octanol–water partition coefficient (Wildman–Crippen LogP) is -2.33. The van der Waals surface area contributed by atoms with E-state index < -0.39 is 30.5 Å².